The lowest BCUT2D eigenvalue weighted by Crippen LogP contribution is -2.06. The summed E-state index contributed by atoms with van der Waals surface area (Å²) in [6, 6.07) is 6.13. The summed E-state index contributed by atoms with van der Waals surface area (Å²) in [7, 11) is 1.85. The van der Waals surface area contributed by atoms with Gasteiger partial charge in [-0.25, -0.2) is 4.39 Å². The lowest BCUT2D eigenvalue weighted by molar-refractivity contribution is 0.0981. The molecular formula is C13H12FIN2O. The van der Waals surface area contributed by atoms with Crippen LogP contribution in [0.3, 0.4) is 0 Å². The number of aromatic nitrogens is 2. The number of halogens is 2. The third-order valence-corrected chi connectivity index (χ3v) is 3.65. The van der Waals surface area contributed by atoms with Crippen LogP contribution in [0.15, 0.2) is 30.5 Å². The highest BCUT2D eigenvalue weighted by molar-refractivity contribution is 14.1. The van der Waals surface area contributed by atoms with E-state index in [-0.39, 0.29) is 11.6 Å². The van der Waals surface area contributed by atoms with Crippen LogP contribution in [0.4, 0.5) is 4.39 Å². The van der Waals surface area contributed by atoms with Crippen molar-refractivity contribution in [3.05, 3.63) is 51.1 Å². The first-order chi connectivity index (χ1) is 8.58. The quantitative estimate of drug-likeness (QED) is 0.622. The van der Waals surface area contributed by atoms with Crippen LogP contribution < -0.4 is 0 Å². The maximum Gasteiger partial charge on any atom is 0.164 e. The SMILES string of the molecule is Cn1nccc1CCC(=O)c1ccc(F)cc1I. The summed E-state index contributed by atoms with van der Waals surface area (Å²) in [5.74, 6) is -0.289. The predicted molar refractivity (Wildman–Crippen MR) is 75.0 cm³/mol. The number of aryl methyl sites for hydroxylation is 2. The summed E-state index contributed by atoms with van der Waals surface area (Å²) < 4.78 is 15.4. The molecule has 0 aliphatic carbocycles. The maximum atomic E-state index is 12.9. The summed E-state index contributed by atoms with van der Waals surface area (Å²) in [6.07, 6.45) is 2.76. The van der Waals surface area contributed by atoms with Crippen molar-refractivity contribution in [2.75, 3.05) is 0 Å². The van der Waals surface area contributed by atoms with Crippen LogP contribution in [-0.2, 0) is 13.5 Å². The van der Waals surface area contributed by atoms with Crippen LogP contribution in [0.5, 0.6) is 0 Å². The van der Waals surface area contributed by atoms with E-state index in [4.69, 9.17) is 0 Å². The van der Waals surface area contributed by atoms with E-state index in [1.807, 2.05) is 35.7 Å². The highest BCUT2D eigenvalue weighted by Gasteiger charge is 2.11. The molecule has 0 bridgehead atoms. The van der Waals surface area contributed by atoms with E-state index in [0.717, 1.165) is 5.69 Å². The van der Waals surface area contributed by atoms with Gasteiger partial charge < -0.3 is 0 Å². The summed E-state index contributed by atoms with van der Waals surface area (Å²) in [4.78, 5) is 12.0. The standard InChI is InChI=1S/C13H12FIN2O/c1-17-10(6-7-16-17)3-5-13(18)11-4-2-9(14)8-12(11)15/h2,4,6-8H,3,5H2,1H3. The average molecular weight is 358 g/mol. The molecule has 0 amide bonds. The molecule has 0 aliphatic rings. The first-order valence-corrected chi connectivity index (χ1v) is 6.61. The van der Waals surface area contributed by atoms with Gasteiger partial charge in [-0.15, -0.1) is 0 Å². The first-order valence-electron chi connectivity index (χ1n) is 5.53. The van der Waals surface area contributed by atoms with Crippen molar-refractivity contribution < 1.29 is 9.18 Å². The molecule has 0 atom stereocenters. The molecule has 2 rings (SSSR count). The highest BCUT2D eigenvalue weighted by atomic mass is 127. The monoisotopic (exact) mass is 358 g/mol. The molecule has 1 aromatic heterocycles. The third kappa shape index (κ3) is 2.95. The Balaban J connectivity index is 2.06. The number of nitrogens with zero attached hydrogens (tertiary/aromatic N) is 2. The molecule has 0 N–H and O–H groups in total. The molecule has 0 radical (unpaired) electrons. The van der Waals surface area contributed by atoms with Crippen molar-refractivity contribution in [1.29, 1.82) is 0 Å². The number of carbonyl (C=O) groups excluding carboxylic acids is 1. The van der Waals surface area contributed by atoms with Gasteiger partial charge in [-0.1, -0.05) is 0 Å². The molecule has 1 aromatic carbocycles. The summed E-state index contributed by atoms with van der Waals surface area (Å²) in [5, 5.41) is 4.05. The van der Waals surface area contributed by atoms with E-state index in [1.54, 1.807) is 16.9 Å². The van der Waals surface area contributed by atoms with Crippen LogP contribution in [0, 0.1) is 9.39 Å². The minimum absolute atomic E-state index is 0.0283. The van der Waals surface area contributed by atoms with E-state index in [9.17, 15) is 9.18 Å². The number of ketones is 1. The van der Waals surface area contributed by atoms with Gasteiger partial charge in [0.25, 0.3) is 0 Å². The highest BCUT2D eigenvalue weighted by Crippen LogP contribution is 2.16. The largest absolute Gasteiger partial charge is 0.294 e. The average Bonchev–Trinajstić information content (AvgIpc) is 2.72. The Morgan fingerprint density at radius 1 is 1.44 bits per heavy atom. The van der Waals surface area contributed by atoms with Gasteiger partial charge in [-0.3, -0.25) is 9.48 Å². The molecule has 0 saturated carbocycles. The van der Waals surface area contributed by atoms with Crippen LogP contribution in [0.1, 0.15) is 22.5 Å². The second-order valence-corrected chi connectivity index (χ2v) is 5.16. The predicted octanol–water partition coefficient (Wildman–Crippen LogP) is 2.98. The molecule has 0 aliphatic heterocycles. The molecule has 0 spiro atoms. The number of rotatable bonds is 4. The zero-order valence-electron chi connectivity index (χ0n) is 9.86. The van der Waals surface area contributed by atoms with Crippen molar-refractivity contribution in [3.8, 4) is 0 Å². The maximum absolute atomic E-state index is 12.9. The van der Waals surface area contributed by atoms with Gasteiger partial charge >= 0.3 is 0 Å². The van der Waals surface area contributed by atoms with Crippen molar-refractivity contribution in [1.82, 2.24) is 9.78 Å². The molecular weight excluding hydrogens is 346 g/mol. The smallest absolute Gasteiger partial charge is 0.164 e. The second-order valence-electron chi connectivity index (χ2n) is 3.99. The normalized spacial score (nSPS) is 10.6. The minimum Gasteiger partial charge on any atom is -0.294 e. The Hall–Kier alpha value is -1.24. The van der Waals surface area contributed by atoms with Crippen LogP contribution in [0.25, 0.3) is 0 Å². The molecule has 0 saturated heterocycles. The number of hydrogen-bond donors (Lipinski definition) is 0. The van der Waals surface area contributed by atoms with Crippen molar-refractivity contribution >= 4 is 28.4 Å². The Kier molecular flexibility index (Phi) is 4.11. The van der Waals surface area contributed by atoms with Crippen molar-refractivity contribution in [2.24, 2.45) is 7.05 Å². The Labute approximate surface area is 118 Å². The Bertz CT molecular complexity index is 580. The molecule has 3 nitrogen and oxygen atoms in total. The lowest BCUT2D eigenvalue weighted by Gasteiger charge is -2.04. The molecule has 1 heterocycles. The molecule has 0 fully saturated rings. The van der Waals surface area contributed by atoms with E-state index in [0.29, 0.717) is 22.0 Å². The minimum atomic E-state index is -0.317. The molecule has 94 valence electrons. The van der Waals surface area contributed by atoms with Gasteiger partial charge in [0.15, 0.2) is 5.78 Å². The van der Waals surface area contributed by atoms with E-state index >= 15 is 0 Å². The summed E-state index contributed by atoms with van der Waals surface area (Å²) in [5.41, 5.74) is 1.60. The van der Waals surface area contributed by atoms with Crippen molar-refractivity contribution in [3.63, 3.8) is 0 Å². The number of Topliss-reactive ketones (excluding diaryl/α,β-unsaturated/α-hetero) is 1. The molecule has 18 heavy (non-hydrogen) atoms. The number of benzene rings is 1. The van der Waals surface area contributed by atoms with Gasteiger partial charge in [0, 0.05) is 34.5 Å². The molecule has 5 heteroatoms. The van der Waals surface area contributed by atoms with E-state index in [2.05, 4.69) is 5.10 Å². The fourth-order valence-electron chi connectivity index (χ4n) is 1.74. The second kappa shape index (κ2) is 5.60. The fraction of sp³-hybridized carbons (Fsp3) is 0.231. The number of hydrogen-bond acceptors (Lipinski definition) is 2. The zero-order valence-corrected chi connectivity index (χ0v) is 12.0. The zero-order chi connectivity index (χ0) is 13.1. The summed E-state index contributed by atoms with van der Waals surface area (Å²) >= 11 is 1.98. The van der Waals surface area contributed by atoms with Gasteiger partial charge in [0.05, 0.1) is 0 Å². The van der Waals surface area contributed by atoms with Gasteiger partial charge in [-0.2, -0.15) is 5.10 Å². The molecule has 0 unspecified atom stereocenters. The topological polar surface area (TPSA) is 34.9 Å². The van der Waals surface area contributed by atoms with Crippen LogP contribution in [0.2, 0.25) is 0 Å². The van der Waals surface area contributed by atoms with Crippen molar-refractivity contribution in [2.45, 2.75) is 12.8 Å². The Morgan fingerprint density at radius 2 is 2.22 bits per heavy atom. The van der Waals surface area contributed by atoms with E-state index < -0.39 is 0 Å². The number of carbonyl (C=O) groups is 1. The fourth-order valence-corrected chi connectivity index (χ4v) is 2.52. The first kappa shape index (κ1) is 13.2. The Morgan fingerprint density at radius 3 is 2.83 bits per heavy atom. The summed E-state index contributed by atoms with van der Waals surface area (Å²) in [6.45, 7) is 0. The van der Waals surface area contributed by atoms with Crippen LogP contribution in [-0.4, -0.2) is 15.6 Å². The molecule has 2 aromatic rings. The van der Waals surface area contributed by atoms with Gasteiger partial charge in [0.2, 0.25) is 0 Å². The van der Waals surface area contributed by atoms with E-state index in [1.165, 1.54) is 12.1 Å². The lowest BCUT2D eigenvalue weighted by atomic mass is 10.1. The third-order valence-electron chi connectivity index (χ3n) is 2.76. The van der Waals surface area contributed by atoms with Gasteiger partial charge in [-0.05, 0) is 53.3 Å². The van der Waals surface area contributed by atoms with Gasteiger partial charge in [0.1, 0.15) is 5.82 Å². The van der Waals surface area contributed by atoms with Crippen LogP contribution >= 0.6 is 22.6 Å².